The fourth-order valence-electron chi connectivity index (χ4n) is 3.29. The monoisotopic (exact) mass is 457 g/mol. The Bertz CT molecular complexity index is 1110. The second-order valence-electron chi connectivity index (χ2n) is 7.03. The number of alkyl halides is 3. The van der Waals surface area contributed by atoms with Crippen LogP contribution in [-0.4, -0.2) is 56.6 Å². The zero-order valence-electron chi connectivity index (χ0n) is 16.3. The number of piperazine rings is 1. The van der Waals surface area contributed by atoms with Crippen molar-refractivity contribution in [2.45, 2.75) is 11.1 Å². The molecule has 31 heavy (non-hydrogen) atoms. The van der Waals surface area contributed by atoms with E-state index < -0.39 is 32.2 Å². The number of benzene rings is 2. The number of hydrogen-bond acceptors (Lipinski definition) is 6. The summed E-state index contributed by atoms with van der Waals surface area (Å²) in [4.78, 5) is 26.3. The minimum absolute atomic E-state index is 0.0580. The maximum atomic E-state index is 12.9. The Labute approximate surface area is 175 Å². The molecule has 1 amide bonds. The van der Waals surface area contributed by atoms with Gasteiger partial charge in [-0.1, -0.05) is 0 Å². The fraction of sp³-hybridized carbons (Fsp3) is 0.316. The highest BCUT2D eigenvalue weighted by atomic mass is 32.2. The van der Waals surface area contributed by atoms with E-state index in [9.17, 15) is 36.5 Å². The van der Waals surface area contributed by atoms with Crippen molar-refractivity contribution >= 4 is 27.1 Å². The average molecular weight is 457 g/mol. The number of carbonyl (C=O) groups is 1. The predicted octanol–water partition coefficient (Wildman–Crippen LogP) is 2.98. The minimum atomic E-state index is -4.69. The first kappa shape index (κ1) is 22.5. The van der Waals surface area contributed by atoms with Crippen LogP contribution in [0.25, 0.3) is 0 Å². The van der Waals surface area contributed by atoms with Crippen molar-refractivity contribution in [3.8, 4) is 0 Å². The van der Waals surface area contributed by atoms with Gasteiger partial charge in [0.1, 0.15) is 5.69 Å². The summed E-state index contributed by atoms with van der Waals surface area (Å²) >= 11 is 0. The van der Waals surface area contributed by atoms with Gasteiger partial charge in [-0.3, -0.25) is 14.9 Å². The van der Waals surface area contributed by atoms with Crippen LogP contribution in [0.2, 0.25) is 0 Å². The highest BCUT2D eigenvalue weighted by Crippen LogP contribution is 2.36. The van der Waals surface area contributed by atoms with Crippen LogP contribution >= 0.6 is 0 Å². The molecular weight excluding hydrogens is 439 g/mol. The summed E-state index contributed by atoms with van der Waals surface area (Å²) in [6.07, 6.45) is -3.63. The summed E-state index contributed by atoms with van der Waals surface area (Å²) in [5.74, 6) is -0.332. The van der Waals surface area contributed by atoms with Gasteiger partial charge in [0.25, 0.3) is 11.6 Å². The van der Waals surface area contributed by atoms with Crippen molar-refractivity contribution < 1.29 is 31.3 Å². The van der Waals surface area contributed by atoms with Crippen LogP contribution in [0.3, 0.4) is 0 Å². The summed E-state index contributed by atoms with van der Waals surface area (Å²) in [5, 5.41) is 11.3. The highest BCUT2D eigenvalue weighted by molar-refractivity contribution is 7.90. The minimum Gasteiger partial charge on any atom is -0.362 e. The number of hydrogen-bond donors (Lipinski definition) is 0. The molecule has 2 aromatic rings. The van der Waals surface area contributed by atoms with Gasteiger partial charge < -0.3 is 9.80 Å². The standard InChI is InChI=1S/C19H18F3N3O5S/c1-31(29,30)15-5-2-13(3-6-15)18(26)24-10-8-23(9-11-24)16-7-4-14(19(20,21)22)12-17(16)25(27)28/h2-7,12H,8-11H2,1H3. The number of carbonyl (C=O) groups excluding carboxylic acids is 1. The van der Waals surface area contributed by atoms with Gasteiger partial charge in [0.2, 0.25) is 0 Å². The molecule has 1 aliphatic rings. The fourth-order valence-corrected chi connectivity index (χ4v) is 3.92. The molecule has 2 aromatic carbocycles. The number of halogens is 3. The lowest BCUT2D eigenvalue weighted by molar-refractivity contribution is -0.384. The molecule has 0 atom stereocenters. The maximum Gasteiger partial charge on any atom is 0.416 e. The second kappa shape index (κ2) is 8.17. The first-order valence-corrected chi connectivity index (χ1v) is 11.0. The molecule has 0 unspecified atom stereocenters. The van der Waals surface area contributed by atoms with Gasteiger partial charge in [0.15, 0.2) is 9.84 Å². The lowest BCUT2D eigenvalue weighted by atomic mass is 10.1. The number of sulfone groups is 1. The third kappa shape index (κ3) is 4.95. The van der Waals surface area contributed by atoms with Crippen molar-refractivity contribution in [1.29, 1.82) is 0 Å². The van der Waals surface area contributed by atoms with Crippen LogP contribution < -0.4 is 4.90 Å². The Morgan fingerprint density at radius 1 is 1.03 bits per heavy atom. The smallest absolute Gasteiger partial charge is 0.362 e. The number of nitro benzene ring substituents is 1. The molecule has 3 rings (SSSR count). The molecule has 1 fully saturated rings. The third-order valence-electron chi connectivity index (χ3n) is 4.94. The van der Waals surface area contributed by atoms with Gasteiger partial charge in [0.05, 0.1) is 15.4 Å². The van der Waals surface area contributed by atoms with Crippen molar-refractivity contribution in [1.82, 2.24) is 4.90 Å². The van der Waals surface area contributed by atoms with E-state index in [1.54, 1.807) is 4.90 Å². The molecule has 1 aliphatic heterocycles. The van der Waals surface area contributed by atoms with E-state index in [0.29, 0.717) is 11.6 Å². The molecule has 12 heteroatoms. The van der Waals surface area contributed by atoms with Gasteiger partial charge in [-0.25, -0.2) is 8.42 Å². The van der Waals surface area contributed by atoms with Crippen molar-refractivity contribution in [2.24, 2.45) is 0 Å². The van der Waals surface area contributed by atoms with Crippen LogP contribution in [0.1, 0.15) is 15.9 Å². The van der Waals surface area contributed by atoms with E-state index in [1.807, 2.05) is 0 Å². The first-order valence-electron chi connectivity index (χ1n) is 9.08. The van der Waals surface area contributed by atoms with Crippen molar-refractivity contribution in [2.75, 3.05) is 37.3 Å². The van der Waals surface area contributed by atoms with E-state index >= 15 is 0 Å². The van der Waals surface area contributed by atoms with Gasteiger partial charge in [-0.15, -0.1) is 0 Å². The highest BCUT2D eigenvalue weighted by Gasteiger charge is 2.34. The zero-order chi connectivity index (χ0) is 23.0. The zero-order valence-corrected chi connectivity index (χ0v) is 17.1. The van der Waals surface area contributed by atoms with E-state index in [4.69, 9.17) is 0 Å². The van der Waals surface area contributed by atoms with Crippen LogP contribution in [-0.2, 0) is 16.0 Å². The molecule has 0 aromatic heterocycles. The van der Waals surface area contributed by atoms with Crippen LogP contribution in [0, 0.1) is 10.1 Å². The third-order valence-corrected chi connectivity index (χ3v) is 6.06. The Morgan fingerprint density at radius 2 is 1.61 bits per heavy atom. The van der Waals surface area contributed by atoms with E-state index in [1.165, 1.54) is 29.2 Å². The van der Waals surface area contributed by atoms with Crippen LogP contribution in [0.5, 0.6) is 0 Å². The molecule has 1 saturated heterocycles. The lowest BCUT2D eigenvalue weighted by Crippen LogP contribution is -2.49. The number of nitrogens with zero attached hydrogens (tertiary/aromatic N) is 3. The van der Waals surface area contributed by atoms with Gasteiger partial charge in [-0.05, 0) is 36.4 Å². The van der Waals surface area contributed by atoms with Crippen LogP contribution in [0.4, 0.5) is 24.5 Å². The number of anilines is 1. The Morgan fingerprint density at radius 3 is 2.10 bits per heavy atom. The second-order valence-corrected chi connectivity index (χ2v) is 9.05. The van der Waals surface area contributed by atoms with E-state index in [-0.39, 0.29) is 42.7 Å². The molecule has 0 saturated carbocycles. The maximum absolute atomic E-state index is 12.9. The topological polar surface area (TPSA) is 101 Å². The molecule has 1 heterocycles. The summed E-state index contributed by atoms with van der Waals surface area (Å²) in [6, 6.07) is 7.87. The molecule has 0 aliphatic carbocycles. The Hall–Kier alpha value is -3.15. The normalized spacial score (nSPS) is 15.1. The Kier molecular flexibility index (Phi) is 5.94. The lowest BCUT2D eigenvalue weighted by Gasteiger charge is -2.36. The average Bonchev–Trinajstić information content (AvgIpc) is 2.71. The summed E-state index contributed by atoms with van der Waals surface area (Å²) in [7, 11) is -3.39. The van der Waals surface area contributed by atoms with E-state index in [0.717, 1.165) is 18.4 Å². The largest absolute Gasteiger partial charge is 0.416 e. The first-order chi connectivity index (χ1) is 14.4. The summed E-state index contributed by atoms with van der Waals surface area (Å²) in [5.41, 5.74) is -1.40. The van der Waals surface area contributed by atoms with Gasteiger partial charge in [-0.2, -0.15) is 13.2 Å². The number of nitro groups is 1. The molecule has 0 spiro atoms. The van der Waals surface area contributed by atoms with Crippen molar-refractivity contribution in [3.05, 3.63) is 63.7 Å². The quantitative estimate of drug-likeness (QED) is 0.517. The number of amides is 1. The Balaban J connectivity index is 1.73. The summed E-state index contributed by atoms with van der Waals surface area (Å²) < 4.78 is 61.7. The molecule has 166 valence electrons. The predicted molar refractivity (Wildman–Crippen MR) is 106 cm³/mol. The molecular formula is C19H18F3N3O5S. The van der Waals surface area contributed by atoms with Crippen LogP contribution in [0.15, 0.2) is 47.4 Å². The van der Waals surface area contributed by atoms with Crippen molar-refractivity contribution in [3.63, 3.8) is 0 Å². The van der Waals surface area contributed by atoms with Gasteiger partial charge >= 0.3 is 6.18 Å². The van der Waals surface area contributed by atoms with Gasteiger partial charge in [0, 0.05) is 44.1 Å². The SMILES string of the molecule is CS(=O)(=O)c1ccc(C(=O)N2CCN(c3ccc(C(F)(F)F)cc3[N+](=O)[O-])CC2)cc1. The molecule has 0 bridgehead atoms. The molecule has 0 N–H and O–H groups in total. The molecule has 0 radical (unpaired) electrons. The summed E-state index contributed by atoms with van der Waals surface area (Å²) in [6.45, 7) is 0.786. The number of rotatable bonds is 4. The van der Waals surface area contributed by atoms with E-state index in [2.05, 4.69) is 0 Å². The molecule has 8 nitrogen and oxygen atoms in total.